The molecule has 0 radical (unpaired) electrons. The molecule has 0 aromatic heterocycles. The number of hydrogen-bond acceptors (Lipinski definition) is 4. The van der Waals surface area contributed by atoms with Crippen LogP contribution in [-0.4, -0.2) is 35.5 Å². The van der Waals surface area contributed by atoms with Crippen molar-refractivity contribution in [1.29, 1.82) is 0 Å². The third-order valence-corrected chi connectivity index (χ3v) is 7.03. The zero-order chi connectivity index (χ0) is 29.2. The quantitative estimate of drug-likeness (QED) is 0.217. The molecule has 0 spiro atoms. The van der Waals surface area contributed by atoms with Crippen molar-refractivity contribution in [1.82, 2.24) is 10.6 Å². The van der Waals surface area contributed by atoms with Gasteiger partial charge >= 0.3 is 0 Å². The normalized spacial score (nSPS) is 13.5. The molecule has 5 nitrogen and oxygen atoms in total. The van der Waals surface area contributed by atoms with Crippen LogP contribution >= 0.6 is 0 Å². The maximum atomic E-state index is 13.9. The van der Waals surface area contributed by atoms with Gasteiger partial charge in [-0.3, -0.25) is 9.59 Å². The summed E-state index contributed by atoms with van der Waals surface area (Å²) in [6, 6.07) is 15.5. The van der Waals surface area contributed by atoms with Gasteiger partial charge < -0.3 is 15.7 Å². The van der Waals surface area contributed by atoms with Gasteiger partial charge in [0.1, 0.15) is 11.6 Å². The minimum atomic E-state index is -1.06. The molecule has 3 aromatic rings. The second kappa shape index (κ2) is 14.8. The molecule has 0 bridgehead atoms. The monoisotopic (exact) mass is 550 g/mol. The number of nitrogens with one attached hydrogen (secondary N) is 2. The predicted octanol–water partition coefficient (Wildman–Crippen LogP) is 5.95. The fraction of sp³-hybridized carbons (Fsp3) is 0.394. The van der Waals surface area contributed by atoms with Gasteiger partial charge in [0.2, 0.25) is 0 Å². The van der Waals surface area contributed by atoms with Gasteiger partial charge in [0, 0.05) is 36.2 Å². The van der Waals surface area contributed by atoms with Gasteiger partial charge in [-0.05, 0) is 78.8 Å². The number of ketones is 1. The van der Waals surface area contributed by atoms with Crippen LogP contribution in [0.1, 0.15) is 76.6 Å². The van der Waals surface area contributed by atoms with Crippen LogP contribution in [0.2, 0.25) is 0 Å². The highest BCUT2D eigenvalue weighted by molar-refractivity contribution is 6.01. The summed E-state index contributed by atoms with van der Waals surface area (Å²) >= 11 is 0. The lowest BCUT2D eigenvalue weighted by Crippen LogP contribution is -2.48. The molecule has 3 N–H and O–H groups in total. The number of halogens is 2. The van der Waals surface area contributed by atoms with Crippen LogP contribution in [0.25, 0.3) is 0 Å². The van der Waals surface area contributed by atoms with E-state index >= 15 is 0 Å². The SMILES string of the molecule is CCCC(C)C(=O)c1cc(C)cc(C(=O)NC(Cc2cc(F)cc(F)c2)C(O)CNCc2cccc(CC)c2)c1. The molecule has 1 amide bonds. The van der Waals surface area contributed by atoms with Crippen LogP contribution < -0.4 is 10.6 Å². The Labute approximate surface area is 236 Å². The van der Waals surface area contributed by atoms with Gasteiger partial charge in [-0.1, -0.05) is 51.5 Å². The Morgan fingerprint density at radius 3 is 2.25 bits per heavy atom. The highest BCUT2D eigenvalue weighted by atomic mass is 19.1. The Morgan fingerprint density at radius 2 is 1.57 bits per heavy atom. The van der Waals surface area contributed by atoms with Crippen molar-refractivity contribution >= 4 is 11.7 Å². The van der Waals surface area contributed by atoms with Crippen LogP contribution in [0.15, 0.2) is 60.7 Å². The Bertz CT molecular complexity index is 1290. The van der Waals surface area contributed by atoms with Crippen molar-refractivity contribution in [3.8, 4) is 0 Å². The number of rotatable bonds is 14. The van der Waals surface area contributed by atoms with E-state index in [-0.39, 0.29) is 24.7 Å². The summed E-state index contributed by atoms with van der Waals surface area (Å²) in [5.74, 6) is -2.12. The number of aliphatic hydroxyl groups is 1. The van der Waals surface area contributed by atoms with Gasteiger partial charge in [0.15, 0.2) is 5.78 Å². The fourth-order valence-electron chi connectivity index (χ4n) is 4.89. The fourth-order valence-corrected chi connectivity index (χ4v) is 4.89. The second-order valence-electron chi connectivity index (χ2n) is 10.6. The summed E-state index contributed by atoms with van der Waals surface area (Å²) in [6.07, 6.45) is 1.51. The largest absolute Gasteiger partial charge is 0.390 e. The molecule has 0 aliphatic carbocycles. The standard InChI is InChI=1S/C33H40F2N2O3/c1-5-8-22(4)32(39)26-11-21(3)12-27(17-26)33(40)37-30(16-25-14-28(34)18-29(35)15-25)31(38)20-36-19-24-10-7-9-23(6-2)13-24/h7,9-15,17-18,22,30-31,36,38H,5-6,8,16,19-20H2,1-4H3,(H,37,40). The molecule has 0 saturated heterocycles. The molecule has 214 valence electrons. The molecule has 3 atom stereocenters. The van der Waals surface area contributed by atoms with Crippen molar-refractivity contribution in [2.24, 2.45) is 5.92 Å². The lowest BCUT2D eigenvalue weighted by molar-refractivity contribution is 0.0829. The summed E-state index contributed by atoms with van der Waals surface area (Å²) < 4.78 is 27.8. The first kappa shape index (κ1) is 31.1. The number of benzene rings is 3. The Hall–Kier alpha value is -3.42. The zero-order valence-electron chi connectivity index (χ0n) is 23.8. The molecule has 0 aliphatic rings. The Morgan fingerprint density at radius 1 is 0.900 bits per heavy atom. The predicted molar refractivity (Wildman–Crippen MR) is 154 cm³/mol. The maximum Gasteiger partial charge on any atom is 0.251 e. The molecular formula is C33H40F2N2O3. The third-order valence-electron chi connectivity index (χ3n) is 7.03. The molecule has 0 fully saturated rings. The highest BCUT2D eigenvalue weighted by Gasteiger charge is 2.24. The molecule has 7 heteroatoms. The van der Waals surface area contributed by atoms with E-state index in [4.69, 9.17) is 0 Å². The molecule has 3 aromatic carbocycles. The summed E-state index contributed by atoms with van der Waals surface area (Å²) in [5.41, 5.74) is 4.10. The average molecular weight is 551 g/mol. The van der Waals surface area contributed by atoms with Gasteiger partial charge in [0.25, 0.3) is 5.91 Å². The van der Waals surface area contributed by atoms with Crippen molar-refractivity contribution in [3.05, 3.63) is 106 Å². The molecule has 0 heterocycles. The van der Waals surface area contributed by atoms with E-state index in [2.05, 4.69) is 29.7 Å². The molecule has 3 unspecified atom stereocenters. The van der Waals surface area contributed by atoms with E-state index in [0.29, 0.717) is 23.2 Å². The third kappa shape index (κ3) is 9.07. The van der Waals surface area contributed by atoms with Crippen molar-refractivity contribution in [3.63, 3.8) is 0 Å². The molecule has 3 rings (SSSR count). The van der Waals surface area contributed by atoms with Gasteiger partial charge in [0.05, 0.1) is 12.1 Å². The number of carbonyl (C=O) groups excluding carboxylic acids is 2. The second-order valence-corrected chi connectivity index (χ2v) is 10.6. The van der Waals surface area contributed by atoms with Crippen LogP contribution in [-0.2, 0) is 19.4 Å². The zero-order valence-corrected chi connectivity index (χ0v) is 23.8. The Balaban J connectivity index is 1.79. The number of aliphatic hydroxyl groups excluding tert-OH is 1. The topological polar surface area (TPSA) is 78.4 Å². The number of hydrogen-bond donors (Lipinski definition) is 3. The van der Waals surface area contributed by atoms with Crippen LogP contribution in [0.5, 0.6) is 0 Å². The summed E-state index contributed by atoms with van der Waals surface area (Å²) in [5, 5.41) is 17.2. The van der Waals surface area contributed by atoms with Gasteiger partial charge in [-0.15, -0.1) is 0 Å². The van der Waals surface area contributed by atoms with E-state index in [1.165, 1.54) is 17.7 Å². The van der Waals surface area contributed by atoms with E-state index < -0.39 is 29.7 Å². The minimum Gasteiger partial charge on any atom is -0.390 e. The average Bonchev–Trinajstić information content (AvgIpc) is 2.91. The molecule has 0 saturated carbocycles. The lowest BCUT2D eigenvalue weighted by Gasteiger charge is -2.25. The number of amides is 1. The van der Waals surface area contributed by atoms with Gasteiger partial charge in [-0.2, -0.15) is 0 Å². The lowest BCUT2D eigenvalue weighted by atomic mass is 9.93. The Kier molecular flexibility index (Phi) is 11.5. The minimum absolute atomic E-state index is 0.0136. The first-order valence-electron chi connectivity index (χ1n) is 14.0. The first-order chi connectivity index (χ1) is 19.1. The van der Waals surface area contributed by atoms with E-state index in [0.717, 1.165) is 36.5 Å². The highest BCUT2D eigenvalue weighted by Crippen LogP contribution is 2.18. The van der Waals surface area contributed by atoms with Crippen LogP contribution in [0.4, 0.5) is 8.78 Å². The van der Waals surface area contributed by atoms with Crippen molar-refractivity contribution < 1.29 is 23.5 Å². The van der Waals surface area contributed by atoms with Crippen LogP contribution in [0, 0.1) is 24.5 Å². The van der Waals surface area contributed by atoms with Crippen molar-refractivity contribution in [2.45, 2.75) is 72.1 Å². The van der Waals surface area contributed by atoms with E-state index in [9.17, 15) is 23.5 Å². The summed E-state index contributed by atoms with van der Waals surface area (Å²) in [6.45, 7) is 8.45. The maximum absolute atomic E-state index is 13.9. The smallest absolute Gasteiger partial charge is 0.251 e. The van der Waals surface area contributed by atoms with E-state index in [1.54, 1.807) is 18.2 Å². The number of carbonyl (C=O) groups is 2. The number of aryl methyl sites for hydroxylation is 2. The molecular weight excluding hydrogens is 510 g/mol. The van der Waals surface area contributed by atoms with Crippen LogP contribution in [0.3, 0.4) is 0 Å². The number of Topliss-reactive ketones (excluding diaryl/α,β-unsaturated/α-hetero) is 1. The van der Waals surface area contributed by atoms with Gasteiger partial charge in [-0.25, -0.2) is 8.78 Å². The van der Waals surface area contributed by atoms with E-state index in [1.807, 2.05) is 32.9 Å². The molecule has 40 heavy (non-hydrogen) atoms. The molecule has 0 aliphatic heterocycles. The van der Waals surface area contributed by atoms with Crippen molar-refractivity contribution in [2.75, 3.05) is 6.54 Å². The first-order valence-corrected chi connectivity index (χ1v) is 14.0. The summed E-state index contributed by atoms with van der Waals surface area (Å²) in [4.78, 5) is 26.3. The summed E-state index contributed by atoms with van der Waals surface area (Å²) in [7, 11) is 0.